The van der Waals surface area contributed by atoms with E-state index < -0.39 is 0 Å². The highest BCUT2D eigenvalue weighted by atomic mass is 35.5. The van der Waals surface area contributed by atoms with Crippen molar-refractivity contribution in [3.63, 3.8) is 0 Å². The Hall–Kier alpha value is -2.24. The second kappa shape index (κ2) is 5.44. The highest BCUT2D eigenvalue weighted by Crippen LogP contribution is 2.36. The Morgan fingerprint density at radius 1 is 1.09 bits per heavy atom. The van der Waals surface area contributed by atoms with Crippen LogP contribution in [0, 0.1) is 13.8 Å². The Kier molecular flexibility index (Phi) is 3.39. The van der Waals surface area contributed by atoms with Crippen LogP contribution in [0.3, 0.4) is 0 Å². The zero-order valence-corrected chi connectivity index (χ0v) is 14.2. The van der Waals surface area contributed by atoms with Gasteiger partial charge in [-0.15, -0.1) is 11.3 Å². The van der Waals surface area contributed by atoms with Gasteiger partial charge in [-0.1, -0.05) is 23.7 Å². The van der Waals surface area contributed by atoms with Crippen LogP contribution < -0.4 is 0 Å². The van der Waals surface area contributed by atoms with Crippen LogP contribution in [0.1, 0.15) is 11.4 Å². The number of nitrogens with zero attached hydrogens (tertiary/aromatic N) is 4. The zero-order valence-electron chi connectivity index (χ0n) is 12.6. The quantitative estimate of drug-likeness (QED) is 0.525. The van der Waals surface area contributed by atoms with Gasteiger partial charge in [0.05, 0.1) is 11.1 Å². The van der Waals surface area contributed by atoms with Crippen molar-refractivity contribution in [2.45, 2.75) is 13.8 Å². The van der Waals surface area contributed by atoms with E-state index in [1.165, 1.54) is 0 Å². The average molecular weight is 341 g/mol. The van der Waals surface area contributed by atoms with E-state index in [0.29, 0.717) is 0 Å². The van der Waals surface area contributed by atoms with Gasteiger partial charge in [0.2, 0.25) is 0 Å². The molecular weight excluding hydrogens is 328 g/mol. The maximum Gasteiger partial charge on any atom is 0.166 e. The molecule has 0 spiro atoms. The molecule has 4 aromatic rings. The van der Waals surface area contributed by atoms with Crippen LogP contribution >= 0.6 is 22.9 Å². The zero-order chi connectivity index (χ0) is 16.0. The summed E-state index contributed by atoms with van der Waals surface area (Å²) < 4.78 is 1.88. The average Bonchev–Trinajstić information content (AvgIpc) is 3.11. The van der Waals surface area contributed by atoms with Crippen molar-refractivity contribution in [1.82, 2.24) is 19.7 Å². The molecule has 0 unspecified atom stereocenters. The first-order valence-electron chi connectivity index (χ1n) is 7.15. The fraction of sp³-hybridized carbons (Fsp3) is 0.118. The summed E-state index contributed by atoms with van der Waals surface area (Å²) >= 11 is 7.62. The fourth-order valence-electron chi connectivity index (χ4n) is 2.71. The second-order valence-electron chi connectivity index (χ2n) is 5.37. The number of benzene rings is 1. The van der Waals surface area contributed by atoms with Crippen molar-refractivity contribution in [3.8, 4) is 16.9 Å². The summed E-state index contributed by atoms with van der Waals surface area (Å²) in [5.74, 6) is 0.812. The molecule has 0 aliphatic rings. The second-order valence-corrected chi connectivity index (χ2v) is 6.67. The Balaban J connectivity index is 2.01. The molecule has 114 valence electrons. The first-order chi connectivity index (χ1) is 11.1. The third kappa shape index (κ3) is 2.42. The van der Waals surface area contributed by atoms with Gasteiger partial charge >= 0.3 is 0 Å². The summed E-state index contributed by atoms with van der Waals surface area (Å²) in [6.07, 6.45) is 1.59. The number of thiophene rings is 1. The van der Waals surface area contributed by atoms with Crippen LogP contribution in [0.4, 0.5) is 0 Å². The highest BCUT2D eigenvalue weighted by molar-refractivity contribution is 7.17. The highest BCUT2D eigenvalue weighted by Gasteiger charge is 2.16. The van der Waals surface area contributed by atoms with Gasteiger partial charge in [0.1, 0.15) is 11.2 Å². The van der Waals surface area contributed by atoms with E-state index in [0.717, 1.165) is 43.6 Å². The lowest BCUT2D eigenvalue weighted by molar-refractivity contribution is 0.811. The number of rotatable bonds is 2. The van der Waals surface area contributed by atoms with Crippen molar-refractivity contribution in [2.75, 3.05) is 0 Å². The van der Waals surface area contributed by atoms with Gasteiger partial charge in [-0.2, -0.15) is 5.10 Å². The predicted molar refractivity (Wildman–Crippen MR) is 94.5 cm³/mol. The van der Waals surface area contributed by atoms with Crippen molar-refractivity contribution in [1.29, 1.82) is 0 Å². The molecule has 23 heavy (non-hydrogen) atoms. The third-order valence-corrected chi connectivity index (χ3v) is 4.85. The van der Waals surface area contributed by atoms with Crippen LogP contribution in [0.5, 0.6) is 0 Å². The topological polar surface area (TPSA) is 43.6 Å². The Morgan fingerprint density at radius 2 is 1.87 bits per heavy atom. The molecule has 3 aromatic heterocycles. The lowest BCUT2D eigenvalue weighted by Crippen LogP contribution is -2.03. The minimum atomic E-state index is 0.725. The summed E-state index contributed by atoms with van der Waals surface area (Å²) in [5.41, 5.74) is 4.22. The van der Waals surface area contributed by atoms with Crippen molar-refractivity contribution >= 4 is 33.2 Å². The van der Waals surface area contributed by atoms with Gasteiger partial charge in [-0.3, -0.25) is 0 Å². The lowest BCUT2D eigenvalue weighted by Gasteiger charge is -2.07. The molecule has 0 bridgehead atoms. The van der Waals surface area contributed by atoms with E-state index >= 15 is 0 Å². The Morgan fingerprint density at radius 3 is 2.57 bits per heavy atom. The van der Waals surface area contributed by atoms with Crippen LogP contribution in [0.2, 0.25) is 5.02 Å². The first-order valence-corrected chi connectivity index (χ1v) is 8.41. The van der Waals surface area contributed by atoms with E-state index in [9.17, 15) is 0 Å². The molecule has 0 aliphatic heterocycles. The number of fused-ring (bicyclic) bond motifs is 1. The molecule has 0 saturated heterocycles. The first kappa shape index (κ1) is 14.4. The minimum absolute atomic E-state index is 0.725. The molecule has 4 nitrogen and oxygen atoms in total. The van der Waals surface area contributed by atoms with Gasteiger partial charge in [-0.25, -0.2) is 14.6 Å². The molecule has 0 aliphatic carbocycles. The summed E-state index contributed by atoms with van der Waals surface area (Å²) in [4.78, 5) is 9.86. The number of hydrogen-bond donors (Lipinski definition) is 0. The molecular formula is C17H13ClN4S. The molecule has 0 atom stereocenters. The third-order valence-electron chi connectivity index (χ3n) is 3.72. The molecule has 3 heterocycles. The predicted octanol–water partition coefficient (Wildman–Crippen LogP) is 4.81. The van der Waals surface area contributed by atoms with E-state index in [-0.39, 0.29) is 0 Å². The molecule has 0 N–H and O–H groups in total. The largest absolute Gasteiger partial charge is 0.225 e. The molecule has 4 rings (SSSR count). The smallest absolute Gasteiger partial charge is 0.166 e. The van der Waals surface area contributed by atoms with Crippen molar-refractivity contribution in [3.05, 3.63) is 58.4 Å². The summed E-state index contributed by atoms with van der Waals surface area (Å²) in [7, 11) is 0. The monoisotopic (exact) mass is 340 g/mol. The summed E-state index contributed by atoms with van der Waals surface area (Å²) in [5, 5.41) is 8.42. The van der Waals surface area contributed by atoms with E-state index in [4.69, 9.17) is 11.6 Å². The maximum absolute atomic E-state index is 6.01. The molecule has 0 fully saturated rings. The van der Waals surface area contributed by atoms with Gasteiger partial charge < -0.3 is 0 Å². The van der Waals surface area contributed by atoms with Gasteiger partial charge in [0.15, 0.2) is 5.82 Å². The molecule has 0 amide bonds. The molecule has 6 heteroatoms. The van der Waals surface area contributed by atoms with Gasteiger partial charge in [0, 0.05) is 21.7 Å². The molecule has 1 aromatic carbocycles. The van der Waals surface area contributed by atoms with Crippen LogP contribution in [0.15, 0.2) is 42.0 Å². The summed E-state index contributed by atoms with van der Waals surface area (Å²) in [6, 6.07) is 9.87. The van der Waals surface area contributed by atoms with Gasteiger partial charge in [-0.05, 0) is 37.6 Å². The number of aromatic nitrogens is 4. The van der Waals surface area contributed by atoms with Crippen LogP contribution in [0.25, 0.3) is 27.2 Å². The lowest BCUT2D eigenvalue weighted by atomic mass is 10.1. The minimum Gasteiger partial charge on any atom is -0.225 e. The molecule has 0 radical (unpaired) electrons. The van der Waals surface area contributed by atoms with Crippen molar-refractivity contribution in [2.24, 2.45) is 0 Å². The number of aryl methyl sites for hydroxylation is 2. The van der Waals surface area contributed by atoms with Crippen molar-refractivity contribution < 1.29 is 0 Å². The summed E-state index contributed by atoms with van der Waals surface area (Å²) in [6.45, 7) is 4.01. The van der Waals surface area contributed by atoms with Gasteiger partial charge in [0.25, 0.3) is 0 Å². The standard InChI is InChI=1S/C17H13ClN4S/c1-10-7-11(2)22(21-10)16-15-14(8-23-17(15)20-9-19-16)12-3-5-13(18)6-4-12/h3-9H,1-2H3. The normalized spacial score (nSPS) is 11.3. The Labute approximate surface area is 142 Å². The SMILES string of the molecule is Cc1cc(C)n(-c2ncnc3scc(-c4ccc(Cl)cc4)c23)n1. The van der Waals surface area contributed by atoms with Crippen LogP contribution in [-0.4, -0.2) is 19.7 Å². The van der Waals surface area contributed by atoms with E-state index in [2.05, 4.69) is 20.4 Å². The maximum atomic E-state index is 6.01. The fourth-order valence-corrected chi connectivity index (χ4v) is 3.74. The van der Waals surface area contributed by atoms with E-state index in [1.807, 2.05) is 48.9 Å². The number of hydrogen-bond acceptors (Lipinski definition) is 4. The number of halogens is 1. The van der Waals surface area contributed by atoms with Crippen LogP contribution in [-0.2, 0) is 0 Å². The molecule has 0 saturated carbocycles. The van der Waals surface area contributed by atoms with E-state index in [1.54, 1.807) is 17.7 Å². The Bertz CT molecular complexity index is 1000.